The number of halogens is 1. The van der Waals surface area contributed by atoms with E-state index in [0.717, 1.165) is 11.5 Å². The molecule has 0 atom stereocenters. The van der Waals surface area contributed by atoms with E-state index in [4.69, 9.17) is 11.6 Å². The normalized spacial score (nSPS) is 11.2. The van der Waals surface area contributed by atoms with Crippen molar-refractivity contribution in [2.24, 2.45) is 0 Å². The molecule has 0 aliphatic carbocycles. The first-order valence-electron chi connectivity index (χ1n) is 6.57. The van der Waals surface area contributed by atoms with Gasteiger partial charge in [0.2, 0.25) is 5.65 Å². The van der Waals surface area contributed by atoms with E-state index in [2.05, 4.69) is 30.6 Å². The Morgan fingerprint density at radius 2 is 2.00 bits per heavy atom. The lowest BCUT2D eigenvalue weighted by molar-refractivity contribution is 0.721. The van der Waals surface area contributed by atoms with Gasteiger partial charge in [0.25, 0.3) is 0 Å². The van der Waals surface area contributed by atoms with E-state index in [9.17, 15) is 0 Å². The standard InChI is InChI=1S/C13H14ClN7/c1-8(2)12-18-19-13-9(6-10(14)20-21(12)13)17-7-11-15-4-3-5-16-11/h3-6,8,17H,7H2,1-2H3. The van der Waals surface area contributed by atoms with E-state index in [1.807, 2.05) is 13.8 Å². The quantitative estimate of drug-likeness (QED) is 0.796. The van der Waals surface area contributed by atoms with Crippen LogP contribution in [-0.2, 0) is 6.54 Å². The maximum Gasteiger partial charge on any atom is 0.201 e. The van der Waals surface area contributed by atoms with E-state index in [-0.39, 0.29) is 5.92 Å². The molecule has 3 aromatic heterocycles. The lowest BCUT2D eigenvalue weighted by atomic mass is 10.2. The number of rotatable bonds is 4. The molecule has 0 spiro atoms. The summed E-state index contributed by atoms with van der Waals surface area (Å²) in [6, 6.07) is 3.50. The number of nitrogens with one attached hydrogen (secondary N) is 1. The van der Waals surface area contributed by atoms with Gasteiger partial charge in [0.15, 0.2) is 11.0 Å². The zero-order valence-corrected chi connectivity index (χ0v) is 12.4. The van der Waals surface area contributed by atoms with Crippen LogP contribution in [0.3, 0.4) is 0 Å². The summed E-state index contributed by atoms with van der Waals surface area (Å²) in [5.74, 6) is 1.66. The summed E-state index contributed by atoms with van der Waals surface area (Å²) in [6.45, 7) is 4.54. The molecule has 0 amide bonds. The number of fused-ring (bicyclic) bond motifs is 1. The van der Waals surface area contributed by atoms with Gasteiger partial charge < -0.3 is 5.32 Å². The molecule has 0 aliphatic heterocycles. The SMILES string of the molecule is CC(C)c1nnc2c(NCc3ncccn3)cc(Cl)nn12. The fourth-order valence-electron chi connectivity index (χ4n) is 1.95. The predicted octanol–water partition coefficient (Wildman–Crippen LogP) is 2.30. The van der Waals surface area contributed by atoms with E-state index >= 15 is 0 Å². The van der Waals surface area contributed by atoms with Gasteiger partial charge in [0.1, 0.15) is 5.82 Å². The summed E-state index contributed by atoms with van der Waals surface area (Å²) >= 11 is 6.08. The minimum Gasteiger partial charge on any atom is -0.375 e. The predicted molar refractivity (Wildman–Crippen MR) is 79.2 cm³/mol. The summed E-state index contributed by atoms with van der Waals surface area (Å²) in [6.07, 6.45) is 3.40. The fraction of sp³-hybridized carbons (Fsp3) is 0.308. The van der Waals surface area contributed by atoms with Crippen molar-refractivity contribution in [2.75, 3.05) is 5.32 Å². The van der Waals surface area contributed by atoms with Crippen LogP contribution < -0.4 is 5.32 Å². The van der Waals surface area contributed by atoms with Crippen LogP contribution in [0.2, 0.25) is 5.15 Å². The van der Waals surface area contributed by atoms with Crippen molar-refractivity contribution in [3.63, 3.8) is 0 Å². The monoisotopic (exact) mass is 303 g/mol. The molecule has 1 N–H and O–H groups in total. The van der Waals surface area contributed by atoms with Gasteiger partial charge in [-0.05, 0) is 6.07 Å². The molecular weight excluding hydrogens is 290 g/mol. The summed E-state index contributed by atoms with van der Waals surface area (Å²) < 4.78 is 1.67. The number of nitrogens with zero attached hydrogens (tertiary/aromatic N) is 6. The van der Waals surface area contributed by atoms with Gasteiger partial charge in [-0.3, -0.25) is 0 Å². The summed E-state index contributed by atoms with van der Waals surface area (Å²) in [5.41, 5.74) is 1.39. The Bertz CT molecular complexity index is 754. The van der Waals surface area contributed by atoms with Crippen LogP contribution in [0.4, 0.5) is 5.69 Å². The Morgan fingerprint density at radius 3 is 2.71 bits per heavy atom. The molecule has 0 fully saturated rings. The average molecular weight is 304 g/mol. The lowest BCUT2D eigenvalue weighted by Crippen LogP contribution is -2.07. The van der Waals surface area contributed by atoms with Gasteiger partial charge in [-0.1, -0.05) is 25.4 Å². The fourth-order valence-corrected chi connectivity index (χ4v) is 2.14. The van der Waals surface area contributed by atoms with Crippen LogP contribution in [-0.4, -0.2) is 29.8 Å². The highest BCUT2D eigenvalue weighted by atomic mass is 35.5. The van der Waals surface area contributed by atoms with Gasteiger partial charge in [0, 0.05) is 24.4 Å². The van der Waals surface area contributed by atoms with E-state index < -0.39 is 0 Å². The van der Waals surface area contributed by atoms with Crippen LogP contribution in [0.5, 0.6) is 0 Å². The maximum absolute atomic E-state index is 6.08. The van der Waals surface area contributed by atoms with Crippen molar-refractivity contribution < 1.29 is 0 Å². The highest BCUT2D eigenvalue weighted by molar-refractivity contribution is 6.29. The molecule has 3 aromatic rings. The van der Waals surface area contributed by atoms with Gasteiger partial charge >= 0.3 is 0 Å². The van der Waals surface area contributed by atoms with E-state index in [1.165, 1.54) is 0 Å². The molecule has 21 heavy (non-hydrogen) atoms. The Hall–Kier alpha value is -2.28. The minimum atomic E-state index is 0.205. The summed E-state index contributed by atoms with van der Waals surface area (Å²) in [5, 5.41) is 16.2. The summed E-state index contributed by atoms with van der Waals surface area (Å²) in [4.78, 5) is 8.33. The van der Waals surface area contributed by atoms with Crippen molar-refractivity contribution in [3.8, 4) is 0 Å². The molecule has 0 aliphatic rings. The zero-order chi connectivity index (χ0) is 14.8. The third-order valence-electron chi connectivity index (χ3n) is 2.94. The first-order chi connectivity index (χ1) is 10.1. The molecule has 3 rings (SSSR count). The molecule has 0 aromatic carbocycles. The van der Waals surface area contributed by atoms with Crippen molar-refractivity contribution in [1.29, 1.82) is 0 Å². The molecule has 0 saturated carbocycles. The van der Waals surface area contributed by atoms with Gasteiger partial charge in [0.05, 0.1) is 12.2 Å². The highest BCUT2D eigenvalue weighted by Crippen LogP contribution is 2.22. The lowest BCUT2D eigenvalue weighted by Gasteiger charge is -2.08. The third kappa shape index (κ3) is 2.78. The molecule has 3 heterocycles. The van der Waals surface area contributed by atoms with Crippen molar-refractivity contribution in [2.45, 2.75) is 26.3 Å². The van der Waals surface area contributed by atoms with Gasteiger partial charge in [-0.25, -0.2) is 9.97 Å². The Labute approximate surface area is 126 Å². The molecule has 7 nitrogen and oxygen atoms in total. The largest absolute Gasteiger partial charge is 0.375 e. The zero-order valence-electron chi connectivity index (χ0n) is 11.7. The van der Waals surface area contributed by atoms with Gasteiger partial charge in [-0.2, -0.15) is 9.61 Å². The second kappa shape index (κ2) is 5.61. The smallest absolute Gasteiger partial charge is 0.201 e. The number of anilines is 1. The molecule has 8 heteroatoms. The first kappa shape index (κ1) is 13.7. The second-order valence-electron chi connectivity index (χ2n) is 4.85. The van der Waals surface area contributed by atoms with Crippen LogP contribution in [0.15, 0.2) is 24.5 Å². The van der Waals surface area contributed by atoms with E-state index in [0.29, 0.717) is 23.2 Å². The molecule has 0 radical (unpaired) electrons. The molecular formula is C13H14ClN7. The number of hydrogen-bond donors (Lipinski definition) is 1. The molecule has 108 valence electrons. The molecule has 0 saturated heterocycles. The van der Waals surface area contributed by atoms with Crippen LogP contribution in [0.25, 0.3) is 5.65 Å². The van der Waals surface area contributed by atoms with Crippen molar-refractivity contribution >= 4 is 22.9 Å². The number of aromatic nitrogens is 6. The minimum absolute atomic E-state index is 0.205. The third-order valence-corrected chi connectivity index (χ3v) is 3.12. The average Bonchev–Trinajstić information content (AvgIpc) is 2.89. The van der Waals surface area contributed by atoms with Crippen LogP contribution >= 0.6 is 11.6 Å². The van der Waals surface area contributed by atoms with E-state index in [1.54, 1.807) is 29.0 Å². The Morgan fingerprint density at radius 1 is 1.24 bits per heavy atom. The Kier molecular flexibility index (Phi) is 3.66. The maximum atomic E-state index is 6.08. The van der Waals surface area contributed by atoms with Crippen LogP contribution in [0.1, 0.15) is 31.4 Å². The Balaban J connectivity index is 1.95. The first-order valence-corrected chi connectivity index (χ1v) is 6.94. The second-order valence-corrected chi connectivity index (χ2v) is 5.23. The van der Waals surface area contributed by atoms with Gasteiger partial charge in [-0.15, -0.1) is 10.2 Å². The topological polar surface area (TPSA) is 80.9 Å². The van der Waals surface area contributed by atoms with Crippen molar-refractivity contribution in [1.82, 2.24) is 29.8 Å². The van der Waals surface area contributed by atoms with Crippen LogP contribution in [0, 0.1) is 0 Å². The molecule has 0 unspecified atom stereocenters. The molecule has 0 bridgehead atoms. The highest BCUT2D eigenvalue weighted by Gasteiger charge is 2.14. The number of hydrogen-bond acceptors (Lipinski definition) is 6. The summed E-state index contributed by atoms with van der Waals surface area (Å²) in [7, 11) is 0. The van der Waals surface area contributed by atoms with Crippen molar-refractivity contribution in [3.05, 3.63) is 41.3 Å².